The maximum Gasteiger partial charge on any atom is 0.255 e. The van der Waals surface area contributed by atoms with Gasteiger partial charge < -0.3 is 5.32 Å². The number of aromatic nitrogens is 2. The van der Waals surface area contributed by atoms with Gasteiger partial charge >= 0.3 is 0 Å². The summed E-state index contributed by atoms with van der Waals surface area (Å²) >= 11 is 7.25. The molecule has 0 saturated carbocycles. The van der Waals surface area contributed by atoms with Crippen molar-refractivity contribution in [3.63, 3.8) is 0 Å². The van der Waals surface area contributed by atoms with E-state index in [1.165, 1.54) is 11.3 Å². The van der Waals surface area contributed by atoms with Crippen LogP contribution in [0.4, 0.5) is 14.6 Å². The van der Waals surface area contributed by atoms with Gasteiger partial charge in [0.25, 0.3) is 6.43 Å². The highest BCUT2D eigenvalue weighted by Gasteiger charge is 2.11. The Kier molecular flexibility index (Phi) is 3.73. The number of alkyl halides is 2. The van der Waals surface area contributed by atoms with E-state index in [-0.39, 0.29) is 5.28 Å². The average Bonchev–Trinajstić information content (AvgIpc) is 2.68. The van der Waals surface area contributed by atoms with Crippen molar-refractivity contribution < 1.29 is 8.78 Å². The Morgan fingerprint density at radius 2 is 2.24 bits per heavy atom. The van der Waals surface area contributed by atoms with E-state index in [4.69, 9.17) is 11.6 Å². The Balaban J connectivity index is 2.41. The molecule has 2 rings (SSSR count). The summed E-state index contributed by atoms with van der Waals surface area (Å²) in [7, 11) is 0. The molecule has 2 aromatic heterocycles. The van der Waals surface area contributed by atoms with Crippen molar-refractivity contribution in [2.45, 2.75) is 19.8 Å². The van der Waals surface area contributed by atoms with E-state index < -0.39 is 13.0 Å². The van der Waals surface area contributed by atoms with E-state index in [1.807, 2.05) is 13.0 Å². The maximum absolute atomic E-state index is 12.2. The molecule has 0 fully saturated rings. The second kappa shape index (κ2) is 5.10. The molecule has 1 N–H and O–H groups in total. The van der Waals surface area contributed by atoms with Gasteiger partial charge in [-0.15, -0.1) is 11.3 Å². The third-order valence-corrected chi connectivity index (χ3v) is 3.53. The lowest BCUT2D eigenvalue weighted by Gasteiger charge is -2.05. The van der Waals surface area contributed by atoms with Crippen LogP contribution in [0.3, 0.4) is 0 Å². The van der Waals surface area contributed by atoms with Crippen LogP contribution in [-0.4, -0.2) is 22.9 Å². The molecule has 0 radical (unpaired) electrons. The Bertz CT molecular complexity index is 529. The highest BCUT2D eigenvalue weighted by molar-refractivity contribution is 7.18. The van der Waals surface area contributed by atoms with Crippen LogP contribution < -0.4 is 5.32 Å². The Morgan fingerprint density at radius 1 is 1.47 bits per heavy atom. The third kappa shape index (κ3) is 2.81. The zero-order valence-electron chi connectivity index (χ0n) is 9.01. The highest BCUT2D eigenvalue weighted by Crippen LogP contribution is 2.30. The van der Waals surface area contributed by atoms with Crippen molar-refractivity contribution in [3.8, 4) is 0 Å². The van der Waals surface area contributed by atoms with Crippen molar-refractivity contribution in [1.82, 2.24) is 9.97 Å². The topological polar surface area (TPSA) is 37.8 Å². The molecular formula is C10H10ClF2N3S. The molecule has 7 heteroatoms. The summed E-state index contributed by atoms with van der Waals surface area (Å²) in [5.41, 5.74) is 0. The second-order valence-corrected chi connectivity index (χ2v) is 4.85. The van der Waals surface area contributed by atoms with Crippen molar-refractivity contribution >= 4 is 39.0 Å². The summed E-state index contributed by atoms with van der Waals surface area (Å²) in [6.07, 6.45) is -1.56. The van der Waals surface area contributed by atoms with Gasteiger partial charge in [0.1, 0.15) is 10.6 Å². The molecule has 17 heavy (non-hydrogen) atoms. The smallest absolute Gasteiger partial charge is 0.255 e. The van der Waals surface area contributed by atoms with E-state index >= 15 is 0 Å². The molecule has 2 heterocycles. The zero-order valence-corrected chi connectivity index (χ0v) is 10.6. The van der Waals surface area contributed by atoms with Gasteiger partial charge in [-0.2, -0.15) is 0 Å². The molecule has 2 aromatic rings. The first kappa shape index (κ1) is 12.4. The summed E-state index contributed by atoms with van der Waals surface area (Å²) in [6, 6.07) is 1.91. The van der Waals surface area contributed by atoms with Crippen LogP contribution in [0.5, 0.6) is 0 Å². The standard InChI is InChI=1S/C10H10ClF2N3S/c1-2-5-3-6-8(14-4-7(12)13)15-10(11)16-9(6)17-5/h3,7H,2,4H2,1H3,(H,14,15,16). The van der Waals surface area contributed by atoms with Gasteiger partial charge in [0, 0.05) is 4.88 Å². The van der Waals surface area contributed by atoms with E-state index in [2.05, 4.69) is 15.3 Å². The molecule has 0 aromatic carbocycles. The lowest BCUT2D eigenvalue weighted by molar-refractivity contribution is 0.163. The van der Waals surface area contributed by atoms with E-state index in [0.29, 0.717) is 5.82 Å². The van der Waals surface area contributed by atoms with Crippen LogP contribution in [0.2, 0.25) is 5.28 Å². The average molecular weight is 278 g/mol. The van der Waals surface area contributed by atoms with Crippen molar-refractivity contribution in [1.29, 1.82) is 0 Å². The van der Waals surface area contributed by atoms with Crippen LogP contribution in [-0.2, 0) is 6.42 Å². The van der Waals surface area contributed by atoms with Gasteiger partial charge in [-0.3, -0.25) is 0 Å². The van der Waals surface area contributed by atoms with Gasteiger partial charge in [0.2, 0.25) is 5.28 Å². The van der Waals surface area contributed by atoms with Crippen molar-refractivity contribution in [2.24, 2.45) is 0 Å². The normalized spacial score (nSPS) is 11.4. The summed E-state index contributed by atoms with van der Waals surface area (Å²) < 4.78 is 24.3. The molecule has 0 aliphatic rings. The molecule has 92 valence electrons. The fourth-order valence-corrected chi connectivity index (χ4v) is 2.61. The lowest BCUT2D eigenvalue weighted by Crippen LogP contribution is -2.11. The molecule has 0 aliphatic heterocycles. The Morgan fingerprint density at radius 3 is 2.88 bits per heavy atom. The first-order valence-corrected chi connectivity index (χ1v) is 6.27. The molecule has 0 bridgehead atoms. The van der Waals surface area contributed by atoms with E-state index in [9.17, 15) is 8.78 Å². The number of hydrogen-bond donors (Lipinski definition) is 1. The zero-order chi connectivity index (χ0) is 12.4. The molecule has 0 amide bonds. The Labute approximate surface area is 106 Å². The predicted molar refractivity (Wildman–Crippen MR) is 66.3 cm³/mol. The fraction of sp³-hybridized carbons (Fsp3) is 0.400. The molecule has 0 atom stereocenters. The van der Waals surface area contributed by atoms with Gasteiger partial charge in [0.05, 0.1) is 11.9 Å². The summed E-state index contributed by atoms with van der Waals surface area (Å²) in [5.74, 6) is 0.372. The Hall–Kier alpha value is -1.01. The van der Waals surface area contributed by atoms with Gasteiger partial charge in [-0.05, 0) is 24.1 Å². The SMILES string of the molecule is CCc1cc2c(NCC(F)F)nc(Cl)nc2s1. The molecule has 0 aliphatic carbocycles. The van der Waals surface area contributed by atoms with Gasteiger partial charge in [-0.25, -0.2) is 18.7 Å². The summed E-state index contributed by atoms with van der Waals surface area (Å²) in [6.45, 7) is 1.58. The molecular weight excluding hydrogens is 268 g/mol. The quantitative estimate of drug-likeness (QED) is 0.868. The van der Waals surface area contributed by atoms with Crippen LogP contribution in [0, 0.1) is 0 Å². The van der Waals surface area contributed by atoms with Crippen LogP contribution in [0.15, 0.2) is 6.07 Å². The van der Waals surface area contributed by atoms with Crippen LogP contribution in [0.25, 0.3) is 10.2 Å². The van der Waals surface area contributed by atoms with Crippen LogP contribution in [0.1, 0.15) is 11.8 Å². The minimum absolute atomic E-state index is 0.0683. The summed E-state index contributed by atoms with van der Waals surface area (Å²) in [4.78, 5) is 9.86. The first-order chi connectivity index (χ1) is 8.10. The number of thiophene rings is 1. The van der Waals surface area contributed by atoms with Gasteiger partial charge in [0.15, 0.2) is 0 Å². The van der Waals surface area contributed by atoms with E-state index in [0.717, 1.165) is 21.5 Å². The number of fused-ring (bicyclic) bond motifs is 1. The molecule has 0 saturated heterocycles. The molecule has 3 nitrogen and oxygen atoms in total. The van der Waals surface area contributed by atoms with E-state index in [1.54, 1.807) is 0 Å². The molecule has 0 unspecified atom stereocenters. The monoisotopic (exact) mass is 277 g/mol. The van der Waals surface area contributed by atoms with Crippen molar-refractivity contribution in [2.75, 3.05) is 11.9 Å². The largest absolute Gasteiger partial charge is 0.364 e. The summed E-state index contributed by atoms with van der Waals surface area (Å²) in [5, 5.41) is 3.40. The van der Waals surface area contributed by atoms with Gasteiger partial charge in [-0.1, -0.05) is 6.92 Å². The second-order valence-electron chi connectivity index (χ2n) is 3.40. The predicted octanol–water partition coefficient (Wildman–Crippen LogP) is 3.58. The molecule has 0 spiro atoms. The minimum Gasteiger partial charge on any atom is -0.364 e. The number of rotatable bonds is 4. The minimum atomic E-state index is -2.43. The number of nitrogens with one attached hydrogen (secondary N) is 1. The number of aryl methyl sites for hydroxylation is 1. The third-order valence-electron chi connectivity index (χ3n) is 2.19. The number of halogens is 3. The van der Waals surface area contributed by atoms with Crippen molar-refractivity contribution in [3.05, 3.63) is 16.2 Å². The number of nitrogens with zero attached hydrogens (tertiary/aromatic N) is 2. The fourth-order valence-electron chi connectivity index (χ4n) is 1.43. The lowest BCUT2D eigenvalue weighted by atomic mass is 10.3. The highest BCUT2D eigenvalue weighted by atomic mass is 35.5. The number of anilines is 1. The number of hydrogen-bond acceptors (Lipinski definition) is 4. The van der Waals surface area contributed by atoms with Crippen LogP contribution >= 0.6 is 22.9 Å². The maximum atomic E-state index is 12.2. The first-order valence-electron chi connectivity index (χ1n) is 5.08.